The van der Waals surface area contributed by atoms with E-state index in [2.05, 4.69) is 17.2 Å². The quantitative estimate of drug-likeness (QED) is 0.0226. The zero-order valence-corrected chi connectivity index (χ0v) is 33.3. The van der Waals surface area contributed by atoms with Crippen LogP contribution >= 0.6 is 0 Å². The van der Waals surface area contributed by atoms with Crippen LogP contribution in [0.25, 0.3) is 33.4 Å². The highest BCUT2D eigenvalue weighted by molar-refractivity contribution is 7.86. The first-order chi connectivity index (χ1) is 27.3. The lowest BCUT2D eigenvalue weighted by molar-refractivity contribution is -0.143. The van der Waals surface area contributed by atoms with Crippen LogP contribution in [0.15, 0.2) is 82.1 Å². The lowest BCUT2D eigenvalue weighted by atomic mass is 9.93. The number of benzene rings is 3. The Kier molecular flexibility index (Phi) is 16.0. The van der Waals surface area contributed by atoms with Crippen LogP contribution in [0.2, 0.25) is 0 Å². The summed E-state index contributed by atoms with van der Waals surface area (Å²) in [7, 11) is -4.62. The Bertz CT molecular complexity index is 2230. The van der Waals surface area contributed by atoms with Crippen LogP contribution < -0.4 is 25.5 Å². The monoisotopic (exact) mass is 809 g/mol. The Labute approximate surface area is 331 Å². The van der Waals surface area contributed by atoms with Crippen molar-refractivity contribution in [2.45, 2.75) is 39.0 Å². The number of ether oxygens (including phenoxy) is 4. The third kappa shape index (κ3) is 12.3. The Morgan fingerprint density at radius 2 is 1.53 bits per heavy atom. The number of hydrogen-bond acceptors (Lipinski definition) is 12. The van der Waals surface area contributed by atoms with E-state index in [1.165, 1.54) is 19.1 Å². The number of amides is 2. The number of carbonyl (C=O) groups is 4. The van der Waals surface area contributed by atoms with Crippen LogP contribution in [-0.4, -0.2) is 103 Å². The highest BCUT2D eigenvalue weighted by Crippen LogP contribution is 2.42. The molecule has 1 heterocycles. The third-order valence-electron chi connectivity index (χ3n) is 8.68. The molecular formula is C40H49N4O12S+. The number of nitrogens with zero attached hydrogens (tertiary/aromatic N) is 2. The predicted molar refractivity (Wildman–Crippen MR) is 212 cm³/mol. The molecular weight excluding hydrogens is 761 g/mol. The van der Waals surface area contributed by atoms with Gasteiger partial charge in [-0.05, 0) is 45.0 Å². The van der Waals surface area contributed by atoms with Crippen molar-refractivity contribution in [2.75, 3.05) is 70.6 Å². The van der Waals surface area contributed by atoms with E-state index in [1.54, 1.807) is 19.1 Å². The fourth-order valence-corrected chi connectivity index (χ4v) is 6.53. The van der Waals surface area contributed by atoms with Crippen LogP contribution in [-0.2, 0) is 38.7 Å². The van der Waals surface area contributed by atoms with Crippen molar-refractivity contribution in [1.82, 2.24) is 15.2 Å². The molecule has 16 nitrogen and oxygen atoms in total. The van der Waals surface area contributed by atoms with Crippen molar-refractivity contribution in [3.8, 4) is 22.5 Å². The summed E-state index contributed by atoms with van der Waals surface area (Å²) in [5, 5.41) is 6.40. The van der Waals surface area contributed by atoms with Crippen LogP contribution in [0.3, 0.4) is 0 Å². The summed E-state index contributed by atoms with van der Waals surface area (Å²) in [6, 6.07) is 17.1. The molecule has 2 amide bonds. The molecule has 57 heavy (non-hydrogen) atoms. The van der Waals surface area contributed by atoms with Crippen molar-refractivity contribution < 1.29 is 55.5 Å². The minimum Gasteiger partial charge on any atom is -0.464 e. The van der Waals surface area contributed by atoms with Crippen molar-refractivity contribution in [2.24, 2.45) is 0 Å². The summed E-state index contributed by atoms with van der Waals surface area (Å²) >= 11 is 0. The Hall–Kier alpha value is -5.94. The molecule has 4 rings (SSSR count). The zero-order chi connectivity index (χ0) is 41.5. The van der Waals surface area contributed by atoms with Crippen molar-refractivity contribution in [3.05, 3.63) is 78.2 Å². The number of anilines is 1. The van der Waals surface area contributed by atoms with Crippen molar-refractivity contribution >= 4 is 50.9 Å². The van der Waals surface area contributed by atoms with Gasteiger partial charge >= 0.3 is 24.1 Å². The molecule has 1 aliphatic heterocycles. The first kappa shape index (κ1) is 43.8. The molecule has 0 spiro atoms. The lowest BCUT2D eigenvalue weighted by Crippen LogP contribution is -2.35. The smallest absolute Gasteiger partial charge is 0.407 e. The highest BCUT2D eigenvalue weighted by Gasteiger charge is 2.24. The summed E-state index contributed by atoms with van der Waals surface area (Å²) < 4.78 is 64.5. The van der Waals surface area contributed by atoms with Crippen molar-refractivity contribution in [3.63, 3.8) is 0 Å². The van der Waals surface area contributed by atoms with E-state index in [9.17, 15) is 32.1 Å². The minimum atomic E-state index is -4.62. The second-order valence-corrected chi connectivity index (χ2v) is 14.0. The van der Waals surface area contributed by atoms with Crippen LogP contribution in [0, 0.1) is 0 Å². The summed E-state index contributed by atoms with van der Waals surface area (Å²) in [6.45, 7) is 12.7. The van der Waals surface area contributed by atoms with Gasteiger partial charge in [0.05, 0.1) is 25.7 Å². The average molecular weight is 810 g/mol. The van der Waals surface area contributed by atoms with Gasteiger partial charge in [-0.2, -0.15) is 8.42 Å². The maximum absolute atomic E-state index is 12.6. The SMILES string of the molecule is C=C(C)C(=O)OCCNC(=O)OCCN(CC)c1ccc2c(-c3ccccc3S(=O)(=O)O)c3cc/c(=[N+](/CC)CCOC(=O)NCCOC(=O)CC)cc-3oc2c1. The molecule has 0 unspecified atom stereocenters. The molecule has 0 saturated carbocycles. The Balaban J connectivity index is 1.63. The third-order valence-corrected chi connectivity index (χ3v) is 9.59. The van der Waals surface area contributed by atoms with Gasteiger partial charge in [-0.15, -0.1) is 0 Å². The van der Waals surface area contributed by atoms with E-state index in [4.69, 9.17) is 23.4 Å². The first-order valence-electron chi connectivity index (χ1n) is 18.5. The maximum atomic E-state index is 12.6. The molecule has 0 aromatic heterocycles. The van der Waals surface area contributed by atoms with Gasteiger partial charge in [0.1, 0.15) is 42.6 Å². The van der Waals surface area contributed by atoms with Gasteiger partial charge in [-0.25, -0.2) is 19.0 Å². The van der Waals surface area contributed by atoms with Gasteiger partial charge in [0.15, 0.2) is 13.2 Å². The largest absolute Gasteiger partial charge is 0.464 e. The van der Waals surface area contributed by atoms with Gasteiger partial charge < -0.3 is 38.9 Å². The van der Waals surface area contributed by atoms with Gasteiger partial charge in [-0.1, -0.05) is 31.7 Å². The van der Waals surface area contributed by atoms with Gasteiger partial charge in [0.25, 0.3) is 10.1 Å². The van der Waals surface area contributed by atoms with E-state index < -0.39 is 28.3 Å². The molecule has 1 aliphatic carbocycles. The van der Waals surface area contributed by atoms with Crippen LogP contribution in [0.4, 0.5) is 15.3 Å². The Morgan fingerprint density at radius 1 is 0.842 bits per heavy atom. The molecule has 2 aromatic rings. The van der Waals surface area contributed by atoms with Crippen molar-refractivity contribution in [1.29, 1.82) is 0 Å². The normalized spacial score (nSPS) is 11.7. The number of likely N-dealkylation sites (N-methyl/N-ethyl adjacent to an activating group) is 2. The number of nitrogens with one attached hydrogen (secondary N) is 2. The number of rotatable bonds is 19. The molecule has 0 radical (unpaired) electrons. The first-order valence-corrected chi connectivity index (χ1v) is 19.9. The molecule has 3 N–H and O–H groups in total. The predicted octanol–water partition coefficient (Wildman–Crippen LogP) is 4.59. The zero-order valence-electron chi connectivity index (χ0n) is 32.5. The molecule has 17 heteroatoms. The van der Waals surface area contributed by atoms with Gasteiger partial charge in [-0.3, -0.25) is 9.35 Å². The second kappa shape index (κ2) is 20.8. The molecule has 0 bridgehead atoms. The van der Waals surface area contributed by atoms with Crippen LogP contribution in [0.5, 0.6) is 0 Å². The number of fused-ring (bicyclic) bond motifs is 2. The molecule has 2 aliphatic rings. The summed E-state index contributed by atoms with van der Waals surface area (Å²) in [4.78, 5) is 48.9. The maximum Gasteiger partial charge on any atom is 0.407 e. The van der Waals surface area contributed by atoms with Gasteiger partial charge in [0, 0.05) is 58.4 Å². The molecule has 0 atom stereocenters. The number of hydrogen-bond donors (Lipinski definition) is 3. The second-order valence-electron chi connectivity index (χ2n) is 12.6. The lowest BCUT2D eigenvalue weighted by Gasteiger charge is -2.24. The standard InChI is InChI=1S/C40H48N4O12S/c1-6-36(45)52-21-17-41-39(47)54-23-19-43(7-2)28-13-15-30-33(25-28)56-34-26-29(14-16-31(34)37(30)32-11-9-10-12-35(32)57(49,50)51)44(8-3)20-24-55-40(48)42-18-22-53-38(46)27(4)5/h9-16,25-26H,4,6-8,17-24H2,1-3,5H3,(H2-,41,42,47,48,49,50,51)/p+1. The van der Waals surface area contributed by atoms with E-state index in [-0.39, 0.29) is 67.9 Å². The minimum absolute atomic E-state index is 0.0275. The average Bonchev–Trinajstić information content (AvgIpc) is 3.19. The molecule has 2 aromatic carbocycles. The topological polar surface area (TPSA) is 203 Å². The fourth-order valence-electron chi connectivity index (χ4n) is 5.83. The highest BCUT2D eigenvalue weighted by atomic mass is 32.2. The van der Waals surface area contributed by atoms with Gasteiger partial charge in [0.2, 0.25) is 5.36 Å². The molecule has 0 saturated heterocycles. The van der Waals surface area contributed by atoms with E-state index in [0.29, 0.717) is 54.0 Å². The number of alkyl carbamates (subject to hydrolysis) is 2. The molecule has 0 fully saturated rings. The van der Waals surface area contributed by atoms with Crippen LogP contribution in [0.1, 0.15) is 34.1 Å². The summed E-state index contributed by atoms with van der Waals surface area (Å²) in [6.07, 6.45) is -1.07. The molecule has 306 valence electrons. The summed E-state index contributed by atoms with van der Waals surface area (Å²) in [5.41, 5.74) is 2.82. The summed E-state index contributed by atoms with van der Waals surface area (Å²) in [5.74, 6) is -0.485. The fraction of sp³-hybridized carbons (Fsp3) is 0.375. The number of esters is 2. The van der Waals surface area contributed by atoms with E-state index >= 15 is 0 Å². The Morgan fingerprint density at radius 3 is 2.18 bits per heavy atom. The van der Waals surface area contributed by atoms with E-state index in [0.717, 1.165) is 11.0 Å². The van der Waals surface area contributed by atoms with E-state index in [1.807, 2.05) is 59.7 Å². The number of carbonyl (C=O) groups excluding carboxylic acids is 4.